The van der Waals surface area contributed by atoms with Crippen molar-refractivity contribution in [1.29, 1.82) is 0 Å². The van der Waals surface area contributed by atoms with E-state index in [1.807, 2.05) is 12.1 Å². The smallest absolute Gasteiger partial charge is 0.387 e. The van der Waals surface area contributed by atoms with Crippen molar-refractivity contribution in [1.82, 2.24) is 9.78 Å². The molecule has 0 fully saturated rings. The first-order chi connectivity index (χ1) is 14.0. The molecule has 3 aromatic rings. The zero-order chi connectivity index (χ0) is 20.8. The average Bonchev–Trinajstić information content (AvgIpc) is 3.14. The number of nitrogens with zero attached hydrogens (tertiary/aromatic N) is 2. The number of carbonyl (C=O) groups is 1. The second kappa shape index (κ2) is 9.05. The van der Waals surface area contributed by atoms with E-state index >= 15 is 0 Å². The van der Waals surface area contributed by atoms with Gasteiger partial charge in [-0.3, -0.25) is 4.79 Å². The summed E-state index contributed by atoms with van der Waals surface area (Å²) in [5, 5.41) is 6.99. The fourth-order valence-corrected chi connectivity index (χ4v) is 2.68. The molecule has 0 radical (unpaired) electrons. The van der Waals surface area contributed by atoms with Crippen LogP contribution >= 0.6 is 0 Å². The second-order valence-electron chi connectivity index (χ2n) is 5.91. The molecule has 9 heteroatoms. The highest BCUT2D eigenvalue weighted by molar-refractivity contribution is 6.03. The number of amides is 1. The minimum absolute atomic E-state index is 0.0202. The van der Waals surface area contributed by atoms with Crippen LogP contribution in [0.25, 0.3) is 0 Å². The number of hydrogen-bond acceptors (Lipinski definition) is 5. The highest BCUT2D eigenvalue weighted by Gasteiger charge is 2.13. The van der Waals surface area contributed by atoms with E-state index in [0.29, 0.717) is 29.4 Å². The summed E-state index contributed by atoms with van der Waals surface area (Å²) in [7, 11) is 3.13. The quantitative estimate of drug-likeness (QED) is 0.619. The van der Waals surface area contributed by atoms with Gasteiger partial charge in [0.1, 0.15) is 23.1 Å². The molecule has 0 bridgehead atoms. The average molecular weight is 403 g/mol. The highest BCUT2D eigenvalue weighted by Crippen LogP contribution is 2.26. The second-order valence-corrected chi connectivity index (χ2v) is 5.91. The van der Waals surface area contributed by atoms with Gasteiger partial charge in [-0.15, -0.1) is 0 Å². The molecule has 3 rings (SSSR count). The highest BCUT2D eigenvalue weighted by atomic mass is 19.3. The van der Waals surface area contributed by atoms with E-state index in [4.69, 9.17) is 9.47 Å². The Hall–Kier alpha value is -3.62. The number of carbonyl (C=O) groups excluding carboxylic acids is 1. The van der Waals surface area contributed by atoms with Crippen molar-refractivity contribution in [2.75, 3.05) is 19.5 Å². The molecule has 1 heterocycles. The molecule has 0 atom stereocenters. The summed E-state index contributed by atoms with van der Waals surface area (Å²) < 4.78 is 40.9. The molecule has 0 saturated heterocycles. The van der Waals surface area contributed by atoms with E-state index in [1.165, 1.54) is 24.3 Å². The predicted molar refractivity (Wildman–Crippen MR) is 102 cm³/mol. The van der Waals surface area contributed by atoms with Gasteiger partial charge < -0.3 is 19.5 Å². The Morgan fingerprint density at radius 2 is 1.79 bits per heavy atom. The molecule has 1 aromatic heterocycles. The first-order valence-electron chi connectivity index (χ1n) is 8.59. The van der Waals surface area contributed by atoms with Crippen LogP contribution < -0.4 is 19.5 Å². The van der Waals surface area contributed by atoms with Crippen LogP contribution in [-0.4, -0.2) is 36.5 Å². The number of hydrogen-bond donors (Lipinski definition) is 1. The molecule has 0 spiro atoms. The van der Waals surface area contributed by atoms with Gasteiger partial charge in [-0.1, -0.05) is 0 Å². The van der Waals surface area contributed by atoms with Gasteiger partial charge in [0.15, 0.2) is 0 Å². The summed E-state index contributed by atoms with van der Waals surface area (Å²) in [6, 6.07) is 12.5. The maximum Gasteiger partial charge on any atom is 0.387 e. The molecule has 0 unspecified atom stereocenters. The van der Waals surface area contributed by atoms with E-state index < -0.39 is 12.5 Å². The van der Waals surface area contributed by atoms with Gasteiger partial charge in [-0.05, 0) is 36.4 Å². The van der Waals surface area contributed by atoms with Crippen LogP contribution in [0.3, 0.4) is 0 Å². The lowest BCUT2D eigenvalue weighted by atomic mass is 10.2. The van der Waals surface area contributed by atoms with Gasteiger partial charge in [0.25, 0.3) is 5.91 Å². The zero-order valence-corrected chi connectivity index (χ0v) is 15.8. The molecule has 0 aliphatic carbocycles. The minimum Gasteiger partial charge on any atom is -0.497 e. The Morgan fingerprint density at radius 1 is 1.07 bits per heavy atom. The number of benzene rings is 2. The fraction of sp³-hybridized carbons (Fsp3) is 0.200. The molecule has 2 aromatic carbocycles. The fourth-order valence-electron chi connectivity index (χ4n) is 2.68. The van der Waals surface area contributed by atoms with Crippen LogP contribution in [-0.2, 0) is 6.54 Å². The summed E-state index contributed by atoms with van der Waals surface area (Å²) in [6.07, 6.45) is 1.56. The molecule has 29 heavy (non-hydrogen) atoms. The number of methoxy groups -OCH3 is 2. The normalized spacial score (nSPS) is 10.7. The van der Waals surface area contributed by atoms with Crippen molar-refractivity contribution >= 4 is 11.7 Å². The molecular weight excluding hydrogens is 384 g/mol. The lowest BCUT2D eigenvalue weighted by molar-refractivity contribution is -0.0498. The number of anilines is 1. The number of nitrogens with one attached hydrogen (secondary N) is 1. The molecule has 0 saturated carbocycles. The Bertz CT molecular complexity index is 974. The van der Waals surface area contributed by atoms with Crippen molar-refractivity contribution in [3.05, 3.63) is 65.9 Å². The molecule has 7 nitrogen and oxygen atoms in total. The van der Waals surface area contributed by atoms with Crippen LogP contribution in [0, 0.1) is 0 Å². The largest absolute Gasteiger partial charge is 0.497 e. The first-order valence-corrected chi connectivity index (χ1v) is 8.59. The Labute approximate surface area is 165 Å². The van der Waals surface area contributed by atoms with Crippen LogP contribution in [0.2, 0.25) is 0 Å². The predicted octanol–water partition coefficient (Wildman–Crippen LogP) is 3.80. The number of rotatable bonds is 8. The lowest BCUT2D eigenvalue weighted by Gasteiger charge is -2.13. The van der Waals surface area contributed by atoms with Gasteiger partial charge in [-0.2, -0.15) is 13.9 Å². The van der Waals surface area contributed by atoms with Gasteiger partial charge in [0.05, 0.1) is 27.0 Å². The third-order valence-electron chi connectivity index (χ3n) is 4.11. The maximum absolute atomic E-state index is 12.5. The van der Waals surface area contributed by atoms with Gasteiger partial charge in [-0.25, -0.2) is 4.68 Å². The molecule has 0 aliphatic heterocycles. The summed E-state index contributed by atoms with van der Waals surface area (Å²) >= 11 is 0. The Balaban J connectivity index is 1.73. The third-order valence-corrected chi connectivity index (χ3v) is 4.11. The Kier molecular flexibility index (Phi) is 6.28. The SMILES string of the molecule is COc1ccc(Cn2nccc2NC(=O)c2ccc(OC(F)F)cc2)c(OC)c1. The van der Waals surface area contributed by atoms with Gasteiger partial charge >= 0.3 is 6.61 Å². The maximum atomic E-state index is 12.5. The number of halogens is 2. The van der Waals surface area contributed by atoms with Crippen LogP contribution in [0.15, 0.2) is 54.7 Å². The zero-order valence-electron chi connectivity index (χ0n) is 15.8. The molecule has 152 valence electrons. The van der Waals surface area contributed by atoms with Crippen LogP contribution in [0.4, 0.5) is 14.6 Å². The first kappa shape index (κ1) is 20.1. The number of aromatic nitrogens is 2. The van der Waals surface area contributed by atoms with Gasteiger partial charge in [0, 0.05) is 23.3 Å². The van der Waals surface area contributed by atoms with Gasteiger partial charge in [0.2, 0.25) is 0 Å². The van der Waals surface area contributed by atoms with Crippen molar-refractivity contribution in [3.63, 3.8) is 0 Å². The van der Waals surface area contributed by atoms with Crippen molar-refractivity contribution < 1.29 is 27.8 Å². The molecule has 0 aliphatic rings. The molecular formula is C20H19F2N3O4. The molecule has 1 N–H and O–H groups in total. The topological polar surface area (TPSA) is 74.6 Å². The summed E-state index contributed by atoms with van der Waals surface area (Å²) in [5.41, 5.74) is 1.14. The lowest BCUT2D eigenvalue weighted by Crippen LogP contribution is -2.16. The van der Waals surface area contributed by atoms with E-state index in [2.05, 4.69) is 15.2 Å². The van der Waals surface area contributed by atoms with Crippen LogP contribution in [0.1, 0.15) is 15.9 Å². The van der Waals surface area contributed by atoms with Crippen molar-refractivity contribution in [2.45, 2.75) is 13.2 Å². The van der Waals surface area contributed by atoms with E-state index in [1.54, 1.807) is 37.2 Å². The third kappa shape index (κ3) is 5.01. The summed E-state index contributed by atoms with van der Waals surface area (Å²) in [6.45, 7) is -2.56. The Morgan fingerprint density at radius 3 is 2.45 bits per heavy atom. The van der Waals surface area contributed by atoms with Crippen LogP contribution in [0.5, 0.6) is 17.2 Å². The van der Waals surface area contributed by atoms with E-state index in [0.717, 1.165) is 5.56 Å². The number of ether oxygens (including phenoxy) is 3. The van der Waals surface area contributed by atoms with E-state index in [9.17, 15) is 13.6 Å². The van der Waals surface area contributed by atoms with Crippen molar-refractivity contribution in [3.8, 4) is 17.2 Å². The van der Waals surface area contributed by atoms with E-state index in [-0.39, 0.29) is 5.75 Å². The van der Waals surface area contributed by atoms with Crippen molar-refractivity contribution in [2.24, 2.45) is 0 Å². The molecule has 1 amide bonds. The monoisotopic (exact) mass is 403 g/mol. The number of alkyl halides is 2. The summed E-state index contributed by atoms with van der Waals surface area (Å²) in [4.78, 5) is 12.5. The minimum atomic E-state index is -2.92. The summed E-state index contributed by atoms with van der Waals surface area (Å²) in [5.74, 6) is 1.34. The standard InChI is InChI=1S/C20H19F2N3O4/c1-27-16-8-5-14(17(11-16)28-2)12-25-18(9-10-23-25)24-19(26)13-3-6-15(7-4-13)29-20(21)22/h3-11,20H,12H2,1-2H3,(H,24,26).